The van der Waals surface area contributed by atoms with E-state index in [9.17, 15) is 0 Å². The summed E-state index contributed by atoms with van der Waals surface area (Å²) in [6, 6.07) is 4.14. The van der Waals surface area contributed by atoms with E-state index in [1.807, 2.05) is 6.07 Å². The van der Waals surface area contributed by atoms with Gasteiger partial charge < -0.3 is 9.64 Å². The van der Waals surface area contributed by atoms with E-state index in [4.69, 9.17) is 4.74 Å². The number of rotatable bonds is 2. The molecule has 0 unspecified atom stereocenters. The second-order valence-electron chi connectivity index (χ2n) is 3.39. The average Bonchev–Trinajstić information content (AvgIpc) is 2.29. The summed E-state index contributed by atoms with van der Waals surface area (Å²) >= 11 is 6.89. The Morgan fingerprint density at radius 3 is 2.73 bits per heavy atom. The lowest BCUT2D eigenvalue weighted by Crippen LogP contribution is -2.36. The summed E-state index contributed by atoms with van der Waals surface area (Å²) in [7, 11) is 0. The highest BCUT2D eigenvalue weighted by Crippen LogP contribution is 2.20. The molecule has 0 atom stereocenters. The zero-order valence-corrected chi connectivity index (χ0v) is 11.4. The Morgan fingerprint density at radius 2 is 2.07 bits per heavy atom. The van der Waals surface area contributed by atoms with E-state index in [2.05, 4.69) is 47.8 Å². The smallest absolute Gasteiger partial charge is 0.130 e. The van der Waals surface area contributed by atoms with Gasteiger partial charge in [0.15, 0.2) is 0 Å². The van der Waals surface area contributed by atoms with Crippen molar-refractivity contribution in [3.05, 3.63) is 22.3 Å². The molecular weight excluding hydrogens is 324 g/mol. The molecule has 3 nitrogen and oxygen atoms in total. The minimum atomic E-state index is 0.790. The van der Waals surface area contributed by atoms with Crippen molar-refractivity contribution < 1.29 is 4.74 Å². The van der Waals surface area contributed by atoms with Crippen LogP contribution in [0.4, 0.5) is 5.82 Å². The Hall–Kier alpha value is -0.130. The molecule has 82 valence electrons. The van der Waals surface area contributed by atoms with Crippen LogP contribution in [0.1, 0.15) is 5.56 Å². The number of hydrogen-bond acceptors (Lipinski definition) is 3. The second-order valence-corrected chi connectivity index (χ2v) is 4.76. The molecule has 0 amide bonds. The summed E-state index contributed by atoms with van der Waals surface area (Å²) in [6.45, 7) is 3.42. The van der Waals surface area contributed by atoms with Crippen molar-refractivity contribution in [1.82, 2.24) is 4.98 Å². The third-order valence-electron chi connectivity index (χ3n) is 2.33. The Morgan fingerprint density at radius 1 is 1.33 bits per heavy atom. The minimum Gasteiger partial charge on any atom is -0.378 e. The van der Waals surface area contributed by atoms with Crippen LogP contribution in [0, 0.1) is 0 Å². The molecule has 1 aromatic rings. The van der Waals surface area contributed by atoms with Crippen LogP contribution in [0.15, 0.2) is 16.7 Å². The largest absolute Gasteiger partial charge is 0.378 e. The number of ether oxygens (including phenoxy) is 1. The molecule has 0 bridgehead atoms. The van der Waals surface area contributed by atoms with Gasteiger partial charge in [0.25, 0.3) is 0 Å². The van der Waals surface area contributed by atoms with Gasteiger partial charge in [0.1, 0.15) is 10.4 Å². The average molecular weight is 336 g/mol. The van der Waals surface area contributed by atoms with E-state index in [1.54, 1.807) is 0 Å². The van der Waals surface area contributed by atoms with Crippen LogP contribution in [0.5, 0.6) is 0 Å². The topological polar surface area (TPSA) is 25.4 Å². The third-order valence-corrected chi connectivity index (χ3v) is 3.38. The minimum absolute atomic E-state index is 0.790. The summed E-state index contributed by atoms with van der Waals surface area (Å²) in [6.07, 6.45) is 0. The van der Waals surface area contributed by atoms with Gasteiger partial charge in [-0.3, -0.25) is 0 Å². The maximum Gasteiger partial charge on any atom is 0.130 e. The van der Waals surface area contributed by atoms with E-state index in [1.165, 1.54) is 5.56 Å². The zero-order valence-electron chi connectivity index (χ0n) is 8.25. The molecule has 0 aliphatic carbocycles. The van der Waals surface area contributed by atoms with Crippen molar-refractivity contribution in [3.63, 3.8) is 0 Å². The zero-order chi connectivity index (χ0) is 10.7. The quantitative estimate of drug-likeness (QED) is 0.613. The molecule has 5 heteroatoms. The third kappa shape index (κ3) is 2.92. The molecule has 0 spiro atoms. The summed E-state index contributed by atoms with van der Waals surface area (Å²) in [5.74, 6) is 1.03. The van der Waals surface area contributed by atoms with E-state index in [0.29, 0.717) is 0 Å². The first-order valence-corrected chi connectivity index (χ1v) is 6.76. The number of nitrogens with zero attached hydrogens (tertiary/aromatic N) is 2. The van der Waals surface area contributed by atoms with Crippen molar-refractivity contribution in [2.45, 2.75) is 5.33 Å². The van der Waals surface area contributed by atoms with Gasteiger partial charge in [-0.2, -0.15) is 0 Å². The van der Waals surface area contributed by atoms with Gasteiger partial charge in [0.05, 0.1) is 13.2 Å². The number of hydrogen-bond donors (Lipinski definition) is 0. The van der Waals surface area contributed by atoms with E-state index < -0.39 is 0 Å². The standard InChI is InChI=1S/C10H12Br2N2O/c11-7-8-5-9(12)13-10(6-8)14-1-3-15-4-2-14/h5-6H,1-4,7H2. The lowest BCUT2D eigenvalue weighted by atomic mass is 10.3. The SMILES string of the molecule is BrCc1cc(Br)nc(N2CCOCC2)c1. The Labute approximate surface area is 106 Å². The second kappa shape index (κ2) is 5.27. The first-order valence-electron chi connectivity index (χ1n) is 4.85. The van der Waals surface area contributed by atoms with Crippen LogP contribution < -0.4 is 4.90 Å². The fourth-order valence-electron chi connectivity index (χ4n) is 1.57. The maximum atomic E-state index is 5.32. The number of aromatic nitrogens is 1. The fraction of sp³-hybridized carbons (Fsp3) is 0.500. The van der Waals surface area contributed by atoms with Gasteiger partial charge in [-0.15, -0.1) is 0 Å². The van der Waals surface area contributed by atoms with E-state index >= 15 is 0 Å². The number of morpholine rings is 1. The van der Waals surface area contributed by atoms with Crippen LogP contribution in [-0.2, 0) is 10.1 Å². The highest BCUT2D eigenvalue weighted by molar-refractivity contribution is 9.10. The first-order chi connectivity index (χ1) is 7.29. The van der Waals surface area contributed by atoms with Gasteiger partial charge in [-0.05, 0) is 33.6 Å². The van der Waals surface area contributed by atoms with Crippen LogP contribution in [0.3, 0.4) is 0 Å². The van der Waals surface area contributed by atoms with Crippen molar-refractivity contribution in [1.29, 1.82) is 0 Å². The van der Waals surface area contributed by atoms with Crippen molar-refractivity contribution in [2.24, 2.45) is 0 Å². The summed E-state index contributed by atoms with van der Waals surface area (Å²) in [5, 5.41) is 0.853. The van der Waals surface area contributed by atoms with Crippen molar-refractivity contribution >= 4 is 37.7 Å². The van der Waals surface area contributed by atoms with Gasteiger partial charge in [0.2, 0.25) is 0 Å². The van der Waals surface area contributed by atoms with E-state index in [-0.39, 0.29) is 0 Å². The molecule has 1 aromatic heterocycles. The monoisotopic (exact) mass is 334 g/mol. The summed E-state index contributed by atoms with van der Waals surface area (Å²) in [4.78, 5) is 6.72. The number of halogens is 2. The number of alkyl halides is 1. The molecule has 0 radical (unpaired) electrons. The van der Waals surface area contributed by atoms with Gasteiger partial charge in [-0.1, -0.05) is 15.9 Å². The normalized spacial score (nSPS) is 16.8. The highest BCUT2D eigenvalue weighted by Gasteiger charge is 2.13. The molecule has 0 N–H and O–H groups in total. The van der Waals surface area contributed by atoms with Crippen molar-refractivity contribution in [2.75, 3.05) is 31.2 Å². The van der Waals surface area contributed by atoms with Gasteiger partial charge in [-0.25, -0.2) is 4.98 Å². The summed E-state index contributed by atoms with van der Waals surface area (Å²) in [5.41, 5.74) is 1.23. The van der Waals surface area contributed by atoms with Gasteiger partial charge in [0, 0.05) is 18.4 Å². The molecular formula is C10H12Br2N2O. The molecule has 15 heavy (non-hydrogen) atoms. The van der Waals surface area contributed by atoms with Crippen LogP contribution in [0.25, 0.3) is 0 Å². The molecule has 0 saturated carbocycles. The predicted octanol–water partition coefficient (Wildman–Crippen LogP) is 2.58. The number of pyridine rings is 1. The first kappa shape index (κ1) is 11.4. The fourth-order valence-corrected chi connectivity index (χ4v) is 2.37. The summed E-state index contributed by atoms with van der Waals surface area (Å²) < 4.78 is 6.21. The molecule has 2 rings (SSSR count). The molecule has 1 aliphatic rings. The number of anilines is 1. The predicted molar refractivity (Wildman–Crippen MR) is 67.6 cm³/mol. The van der Waals surface area contributed by atoms with Crippen LogP contribution in [0.2, 0.25) is 0 Å². The molecule has 1 aliphatic heterocycles. The van der Waals surface area contributed by atoms with Crippen LogP contribution >= 0.6 is 31.9 Å². The lowest BCUT2D eigenvalue weighted by molar-refractivity contribution is 0.122. The Kier molecular flexibility index (Phi) is 3.99. The molecule has 1 fully saturated rings. The maximum absolute atomic E-state index is 5.32. The molecule has 0 aromatic carbocycles. The van der Waals surface area contributed by atoms with Gasteiger partial charge >= 0.3 is 0 Å². The van der Waals surface area contributed by atoms with Crippen molar-refractivity contribution in [3.8, 4) is 0 Å². The van der Waals surface area contributed by atoms with Crippen LogP contribution in [-0.4, -0.2) is 31.3 Å². The van der Waals surface area contributed by atoms with E-state index in [0.717, 1.165) is 42.1 Å². The molecule has 2 heterocycles. The Bertz CT molecular complexity index is 340. The highest BCUT2D eigenvalue weighted by atomic mass is 79.9. The Balaban J connectivity index is 2.22. The lowest BCUT2D eigenvalue weighted by Gasteiger charge is -2.28. The molecule has 1 saturated heterocycles.